The van der Waals surface area contributed by atoms with Crippen LogP contribution in [0.15, 0.2) is 54.6 Å². The number of aromatic amines is 1. The van der Waals surface area contributed by atoms with Gasteiger partial charge in [-0.05, 0) is 43.0 Å². The molecule has 26 heavy (non-hydrogen) atoms. The third-order valence-electron chi connectivity index (χ3n) is 4.90. The van der Waals surface area contributed by atoms with E-state index in [0.717, 1.165) is 30.5 Å². The van der Waals surface area contributed by atoms with Crippen LogP contribution in [0.1, 0.15) is 40.5 Å². The maximum Gasteiger partial charge on any atom is 0.251 e. The Morgan fingerprint density at radius 1 is 1.04 bits per heavy atom. The molecule has 1 atom stereocenters. The lowest BCUT2D eigenvalue weighted by molar-refractivity contribution is -0.121. The van der Waals surface area contributed by atoms with Gasteiger partial charge in [0.2, 0.25) is 5.91 Å². The summed E-state index contributed by atoms with van der Waals surface area (Å²) >= 11 is 0. The second kappa shape index (κ2) is 7.04. The van der Waals surface area contributed by atoms with E-state index in [-0.39, 0.29) is 24.4 Å². The standard InChI is InChI=1S/C21H21N3O2/c25-19(13-22-21(26)14-7-2-1-3-8-14)23-18-12-6-10-16-15-9-4-5-11-17(15)24-20(16)18/h1-5,7-9,11,18,24H,6,10,12-13H2,(H,22,26)(H,23,25)/t18-/m1/s1. The van der Waals surface area contributed by atoms with Gasteiger partial charge in [-0.3, -0.25) is 9.59 Å². The molecule has 1 aliphatic rings. The zero-order chi connectivity index (χ0) is 17.9. The van der Waals surface area contributed by atoms with Crippen LogP contribution in [0.3, 0.4) is 0 Å². The van der Waals surface area contributed by atoms with Crippen LogP contribution >= 0.6 is 0 Å². The van der Waals surface area contributed by atoms with Crippen LogP contribution in [0.5, 0.6) is 0 Å². The number of hydrogen-bond donors (Lipinski definition) is 3. The number of carbonyl (C=O) groups is 2. The number of hydrogen-bond acceptors (Lipinski definition) is 2. The molecule has 5 nitrogen and oxygen atoms in total. The van der Waals surface area contributed by atoms with E-state index >= 15 is 0 Å². The zero-order valence-electron chi connectivity index (χ0n) is 14.4. The molecule has 2 aromatic carbocycles. The van der Waals surface area contributed by atoms with Gasteiger partial charge in [0.25, 0.3) is 5.91 Å². The first-order valence-electron chi connectivity index (χ1n) is 8.94. The summed E-state index contributed by atoms with van der Waals surface area (Å²) in [6.45, 7) is -0.0280. The van der Waals surface area contributed by atoms with Crippen LogP contribution in [0.4, 0.5) is 0 Å². The molecule has 2 amide bonds. The van der Waals surface area contributed by atoms with Gasteiger partial charge < -0.3 is 15.6 Å². The van der Waals surface area contributed by atoms with E-state index in [0.29, 0.717) is 5.56 Å². The molecule has 3 aromatic rings. The molecule has 1 heterocycles. The number of fused-ring (bicyclic) bond motifs is 3. The van der Waals surface area contributed by atoms with Crippen molar-refractivity contribution in [2.24, 2.45) is 0 Å². The molecule has 132 valence electrons. The monoisotopic (exact) mass is 347 g/mol. The summed E-state index contributed by atoms with van der Waals surface area (Å²) in [5.41, 5.74) is 4.05. The maximum atomic E-state index is 12.3. The van der Waals surface area contributed by atoms with Crippen LogP contribution < -0.4 is 10.6 Å². The van der Waals surface area contributed by atoms with Gasteiger partial charge in [-0.1, -0.05) is 36.4 Å². The highest BCUT2D eigenvalue weighted by Gasteiger charge is 2.25. The van der Waals surface area contributed by atoms with Crippen LogP contribution in [0.25, 0.3) is 10.9 Å². The molecule has 0 bridgehead atoms. The molecule has 0 aliphatic heterocycles. The number of para-hydroxylation sites is 1. The summed E-state index contributed by atoms with van der Waals surface area (Å²) in [6, 6.07) is 17.1. The zero-order valence-corrected chi connectivity index (χ0v) is 14.4. The van der Waals surface area contributed by atoms with E-state index < -0.39 is 0 Å². The fourth-order valence-electron chi connectivity index (χ4n) is 3.66. The third-order valence-corrected chi connectivity index (χ3v) is 4.90. The maximum absolute atomic E-state index is 12.3. The predicted molar refractivity (Wildman–Crippen MR) is 101 cm³/mol. The molecular formula is C21H21N3O2. The van der Waals surface area contributed by atoms with Crippen molar-refractivity contribution in [3.63, 3.8) is 0 Å². The molecule has 5 heteroatoms. The molecular weight excluding hydrogens is 326 g/mol. The van der Waals surface area contributed by atoms with Crippen molar-refractivity contribution < 1.29 is 9.59 Å². The first kappa shape index (κ1) is 16.4. The fourth-order valence-corrected chi connectivity index (χ4v) is 3.66. The van der Waals surface area contributed by atoms with E-state index in [2.05, 4.69) is 27.8 Å². The number of aromatic nitrogens is 1. The first-order chi connectivity index (χ1) is 12.7. The second-order valence-corrected chi connectivity index (χ2v) is 6.62. The first-order valence-corrected chi connectivity index (χ1v) is 8.94. The molecule has 1 aromatic heterocycles. The Labute approximate surface area is 151 Å². The predicted octanol–water partition coefficient (Wildman–Crippen LogP) is 3.09. The van der Waals surface area contributed by atoms with Crippen molar-refractivity contribution in [1.29, 1.82) is 0 Å². The number of H-pyrrole nitrogens is 1. The van der Waals surface area contributed by atoms with Gasteiger partial charge in [-0.15, -0.1) is 0 Å². The number of carbonyl (C=O) groups excluding carboxylic acids is 2. The molecule has 0 saturated carbocycles. The smallest absolute Gasteiger partial charge is 0.251 e. The van der Waals surface area contributed by atoms with E-state index in [1.165, 1.54) is 10.9 Å². The molecule has 0 saturated heterocycles. The molecule has 0 spiro atoms. The fraction of sp³-hybridized carbons (Fsp3) is 0.238. The highest BCUT2D eigenvalue weighted by atomic mass is 16.2. The average Bonchev–Trinajstić information content (AvgIpc) is 3.07. The number of nitrogens with one attached hydrogen (secondary N) is 3. The number of benzene rings is 2. The summed E-state index contributed by atoms with van der Waals surface area (Å²) in [7, 11) is 0. The minimum Gasteiger partial charge on any atom is -0.356 e. The molecule has 0 fully saturated rings. The van der Waals surface area contributed by atoms with Gasteiger partial charge in [-0.2, -0.15) is 0 Å². The lowest BCUT2D eigenvalue weighted by atomic mass is 9.91. The van der Waals surface area contributed by atoms with Crippen LogP contribution in [0.2, 0.25) is 0 Å². The van der Waals surface area contributed by atoms with Gasteiger partial charge in [0, 0.05) is 22.2 Å². The topological polar surface area (TPSA) is 74.0 Å². The van der Waals surface area contributed by atoms with Gasteiger partial charge >= 0.3 is 0 Å². The van der Waals surface area contributed by atoms with Crippen molar-refractivity contribution >= 4 is 22.7 Å². The van der Waals surface area contributed by atoms with Crippen LogP contribution in [-0.2, 0) is 11.2 Å². The van der Waals surface area contributed by atoms with Crippen LogP contribution in [-0.4, -0.2) is 23.3 Å². The normalized spacial score (nSPS) is 16.1. The average molecular weight is 347 g/mol. The molecule has 3 N–H and O–H groups in total. The Bertz CT molecular complexity index is 946. The number of amides is 2. The van der Waals surface area contributed by atoms with Crippen molar-refractivity contribution in [2.45, 2.75) is 25.3 Å². The van der Waals surface area contributed by atoms with Crippen molar-refractivity contribution in [1.82, 2.24) is 15.6 Å². The Balaban J connectivity index is 1.42. The number of aryl methyl sites for hydroxylation is 1. The molecule has 4 rings (SSSR count). The van der Waals surface area contributed by atoms with E-state index in [1.54, 1.807) is 24.3 Å². The summed E-state index contributed by atoms with van der Waals surface area (Å²) < 4.78 is 0. The van der Waals surface area contributed by atoms with Gasteiger partial charge in [0.15, 0.2) is 0 Å². The minimum absolute atomic E-state index is 0.0280. The molecule has 1 aliphatic carbocycles. The third kappa shape index (κ3) is 3.20. The lowest BCUT2D eigenvalue weighted by Crippen LogP contribution is -2.39. The SMILES string of the molecule is O=C(CNC(=O)c1ccccc1)N[C@@H]1CCCc2c1[nH]c1ccccc21. The Kier molecular flexibility index (Phi) is 4.44. The van der Waals surface area contributed by atoms with E-state index in [4.69, 9.17) is 0 Å². The Morgan fingerprint density at radius 2 is 1.81 bits per heavy atom. The van der Waals surface area contributed by atoms with Crippen molar-refractivity contribution in [2.75, 3.05) is 6.54 Å². The largest absolute Gasteiger partial charge is 0.356 e. The van der Waals surface area contributed by atoms with Gasteiger partial charge in [0.1, 0.15) is 0 Å². The van der Waals surface area contributed by atoms with Crippen LogP contribution in [0, 0.1) is 0 Å². The summed E-state index contributed by atoms with van der Waals surface area (Å²) in [6.07, 6.45) is 2.96. The van der Waals surface area contributed by atoms with Crippen molar-refractivity contribution in [3.05, 3.63) is 71.4 Å². The lowest BCUT2D eigenvalue weighted by Gasteiger charge is -2.24. The van der Waals surface area contributed by atoms with E-state index in [1.807, 2.05) is 18.2 Å². The molecule has 0 unspecified atom stereocenters. The van der Waals surface area contributed by atoms with Gasteiger partial charge in [-0.25, -0.2) is 0 Å². The second-order valence-electron chi connectivity index (χ2n) is 6.62. The number of rotatable bonds is 4. The minimum atomic E-state index is -0.240. The highest BCUT2D eigenvalue weighted by molar-refractivity contribution is 5.96. The molecule has 0 radical (unpaired) electrons. The highest BCUT2D eigenvalue weighted by Crippen LogP contribution is 2.34. The summed E-state index contributed by atoms with van der Waals surface area (Å²) in [5.74, 6) is -0.415. The van der Waals surface area contributed by atoms with E-state index in [9.17, 15) is 9.59 Å². The summed E-state index contributed by atoms with van der Waals surface area (Å²) in [5, 5.41) is 6.97. The van der Waals surface area contributed by atoms with Gasteiger partial charge in [0.05, 0.1) is 12.6 Å². The quantitative estimate of drug-likeness (QED) is 0.678. The summed E-state index contributed by atoms with van der Waals surface area (Å²) in [4.78, 5) is 27.9. The van der Waals surface area contributed by atoms with Crippen molar-refractivity contribution in [3.8, 4) is 0 Å². The Morgan fingerprint density at radius 3 is 2.65 bits per heavy atom. The Hall–Kier alpha value is -3.08.